The van der Waals surface area contributed by atoms with E-state index in [0.29, 0.717) is 6.54 Å². The van der Waals surface area contributed by atoms with Crippen molar-refractivity contribution in [2.75, 3.05) is 6.54 Å². The molecule has 0 aliphatic carbocycles. The topological polar surface area (TPSA) is 12.4 Å². The molecule has 0 spiro atoms. The summed E-state index contributed by atoms with van der Waals surface area (Å²) >= 11 is 5.78. The van der Waals surface area contributed by atoms with E-state index >= 15 is 0 Å². The summed E-state index contributed by atoms with van der Waals surface area (Å²) in [5.74, 6) is 6.12. The number of hydrogen-bond acceptors (Lipinski definition) is 1. The fraction of sp³-hybridized carbons (Fsp3) is 0.357. The summed E-state index contributed by atoms with van der Waals surface area (Å²) in [6.45, 7) is 2.74. The zero-order chi connectivity index (χ0) is 11.6. The summed E-state index contributed by atoms with van der Waals surface area (Å²) in [7, 11) is 0. The second kappa shape index (κ2) is 7.96. The van der Waals surface area contributed by atoms with E-state index in [9.17, 15) is 0 Å². The molecule has 0 heterocycles. The van der Waals surface area contributed by atoms with Crippen LogP contribution in [0.1, 0.15) is 31.7 Å². The Hall–Kier alpha value is -1.26. The average molecular weight is 234 g/mol. The lowest BCUT2D eigenvalue weighted by atomic mass is 10.2. The van der Waals surface area contributed by atoms with Crippen LogP contribution in [-0.2, 0) is 0 Å². The Morgan fingerprint density at radius 1 is 1.25 bits per heavy atom. The second-order valence-electron chi connectivity index (χ2n) is 3.48. The largest absolute Gasteiger partial charge is 0.280 e. The van der Waals surface area contributed by atoms with Crippen LogP contribution in [0.2, 0.25) is 5.02 Å². The van der Waals surface area contributed by atoms with Crippen molar-refractivity contribution in [2.24, 2.45) is 4.99 Å². The molecule has 1 nitrogen and oxygen atoms in total. The summed E-state index contributed by atoms with van der Waals surface area (Å²) in [6.07, 6.45) is 5.18. The first-order valence-corrected chi connectivity index (χ1v) is 5.92. The Labute approximate surface area is 103 Å². The summed E-state index contributed by atoms with van der Waals surface area (Å²) < 4.78 is 0. The van der Waals surface area contributed by atoms with Crippen LogP contribution in [0.25, 0.3) is 0 Å². The lowest BCUT2D eigenvalue weighted by Crippen LogP contribution is -1.81. The maximum atomic E-state index is 5.78. The highest BCUT2D eigenvalue weighted by atomic mass is 35.5. The molecular formula is C14H16ClN. The van der Waals surface area contributed by atoms with Gasteiger partial charge < -0.3 is 0 Å². The van der Waals surface area contributed by atoms with E-state index in [1.807, 2.05) is 30.5 Å². The normalized spacial score (nSPS) is 10.1. The summed E-state index contributed by atoms with van der Waals surface area (Å²) in [5, 5.41) is 0.747. The third-order valence-electron chi connectivity index (χ3n) is 2.06. The molecule has 0 unspecified atom stereocenters. The van der Waals surface area contributed by atoms with Crippen molar-refractivity contribution in [1.29, 1.82) is 0 Å². The Morgan fingerprint density at radius 2 is 2.00 bits per heavy atom. The first-order valence-electron chi connectivity index (χ1n) is 5.54. The molecular weight excluding hydrogens is 218 g/mol. The average Bonchev–Trinajstić information content (AvgIpc) is 2.30. The third kappa shape index (κ3) is 5.58. The molecule has 0 aliphatic rings. The van der Waals surface area contributed by atoms with Gasteiger partial charge in [0.05, 0.1) is 6.54 Å². The van der Waals surface area contributed by atoms with Crippen LogP contribution in [0.3, 0.4) is 0 Å². The summed E-state index contributed by atoms with van der Waals surface area (Å²) in [4.78, 5) is 4.23. The molecule has 0 aliphatic heterocycles. The zero-order valence-corrected chi connectivity index (χ0v) is 10.3. The molecule has 0 aromatic heterocycles. The van der Waals surface area contributed by atoms with Gasteiger partial charge in [0, 0.05) is 17.7 Å². The van der Waals surface area contributed by atoms with E-state index in [2.05, 4.69) is 23.8 Å². The standard InChI is InChI=1S/C14H16ClN/c1-2-3-4-5-6-11-16-12-13-7-9-14(15)10-8-13/h7-10,12H,2-4,11H2,1H3. The van der Waals surface area contributed by atoms with E-state index < -0.39 is 0 Å². The van der Waals surface area contributed by atoms with Gasteiger partial charge in [-0.3, -0.25) is 4.99 Å². The Kier molecular flexibility index (Phi) is 6.37. The molecule has 0 saturated carbocycles. The fourth-order valence-electron chi connectivity index (χ4n) is 1.15. The SMILES string of the molecule is CCCCC#CCN=Cc1ccc(Cl)cc1. The van der Waals surface area contributed by atoms with Crippen molar-refractivity contribution in [1.82, 2.24) is 0 Å². The number of hydrogen-bond donors (Lipinski definition) is 0. The van der Waals surface area contributed by atoms with Crippen LogP contribution in [0, 0.1) is 11.8 Å². The van der Waals surface area contributed by atoms with E-state index in [4.69, 9.17) is 11.6 Å². The van der Waals surface area contributed by atoms with Gasteiger partial charge in [-0.25, -0.2) is 0 Å². The minimum Gasteiger partial charge on any atom is -0.280 e. The van der Waals surface area contributed by atoms with Crippen LogP contribution in [0.4, 0.5) is 0 Å². The number of aliphatic imine (C=N–C) groups is 1. The molecule has 1 aromatic rings. The number of nitrogens with zero attached hydrogens (tertiary/aromatic N) is 1. The Balaban J connectivity index is 2.31. The van der Waals surface area contributed by atoms with Gasteiger partial charge in [0.15, 0.2) is 0 Å². The fourth-order valence-corrected chi connectivity index (χ4v) is 1.28. The van der Waals surface area contributed by atoms with Crippen LogP contribution < -0.4 is 0 Å². The van der Waals surface area contributed by atoms with Crippen LogP contribution in [0.5, 0.6) is 0 Å². The van der Waals surface area contributed by atoms with Crippen molar-refractivity contribution in [2.45, 2.75) is 26.2 Å². The first kappa shape index (κ1) is 12.8. The third-order valence-corrected chi connectivity index (χ3v) is 2.31. The van der Waals surface area contributed by atoms with Crippen molar-refractivity contribution >= 4 is 17.8 Å². The van der Waals surface area contributed by atoms with Gasteiger partial charge in [-0.2, -0.15) is 0 Å². The van der Waals surface area contributed by atoms with Crippen LogP contribution in [0.15, 0.2) is 29.3 Å². The molecule has 0 fully saturated rings. The van der Waals surface area contributed by atoms with E-state index in [1.165, 1.54) is 12.8 Å². The van der Waals surface area contributed by atoms with Gasteiger partial charge in [0.1, 0.15) is 0 Å². The van der Waals surface area contributed by atoms with Crippen molar-refractivity contribution in [3.8, 4) is 11.8 Å². The van der Waals surface area contributed by atoms with E-state index in [-0.39, 0.29) is 0 Å². The highest BCUT2D eigenvalue weighted by Gasteiger charge is 1.86. The maximum Gasteiger partial charge on any atom is 0.0997 e. The highest BCUT2D eigenvalue weighted by molar-refractivity contribution is 6.30. The minimum absolute atomic E-state index is 0.576. The molecule has 0 saturated heterocycles. The van der Waals surface area contributed by atoms with Gasteiger partial charge in [-0.1, -0.05) is 43.0 Å². The van der Waals surface area contributed by atoms with Crippen molar-refractivity contribution < 1.29 is 0 Å². The quantitative estimate of drug-likeness (QED) is 0.424. The van der Waals surface area contributed by atoms with Crippen LogP contribution >= 0.6 is 11.6 Å². The van der Waals surface area contributed by atoms with Gasteiger partial charge in [0.2, 0.25) is 0 Å². The molecule has 2 heteroatoms. The first-order chi connectivity index (χ1) is 7.83. The monoisotopic (exact) mass is 233 g/mol. The molecule has 0 bridgehead atoms. The van der Waals surface area contributed by atoms with Gasteiger partial charge in [-0.05, 0) is 24.1 Å². The molecule has 0 amide bonds. The smallest absolute Gasteiger partial charge is 0.0997 e. The van der Waals surface area contributed by atoms with E-state index in [1.54, 1.807) is 0 Å². The lowest BCUT2D eigenvalue weighted by Gasteiger charge is -1.91. The van der Waals surface area contributed by atoms with Gasteiger partial charge in [-0.15, -0.1) is 5.92 Å². The molecule has 0 radical (unpaired) electrons. The van der Waals surface area contributed by atoms with Gasteiger partial charge in [0.25, 0.3) is 0 Å². The number of rotatable bonds is 4. The predicted molar refractivity (Wildman–Crippen MR) is 71.2 cm³/mol. The molecule has 1 aromatic carbocycles. The molecule has 16 heavy (non-hydrogen) atoms. The number of benzene rings is 1. The zero-order valence-electron chi connectivity index (χ0n) is 9.54. The summed E-state index contributed by atoms with van der Waals surface area (Å²) in [6, 6.07) is 7.60. The second-order valence-corrected chi connectivity index (χ2v) is 3.91. The molecule has 0 N–H and O–H groups in total. The number of unbranched alkanes of at least 4 members (excludes halogenated alkanes) is 2. The molecule has 0 atom stereocenters. The Morgan fingerprint density at radius 3 is 2.69 bits per heavy atom. The van der Waals surface area contributed by atoms with E-state index in [0.717, 1.165) is 17.0 Å². The van der Waals surface area contributed by atoms with Crippen molar-refractivity contribution in [3.63, 3.8) is 0 Å². The van der Waals surface area contributed by atoms with Crippen molar-refractivity contribution in [3.05, 3.63) is 34.9 Å². The highest BCUT2D eigenvalue weighted by Crippen LogP contribution is 2.07. The Bertz CT molecular complexity index is 381. The lowest BCUT2D eigenvalue weighted by molar-refractivity contribution is 0.827. The molecule has 1 rings (SSSR count). The number of halogens is 1. The summed E-state index contributed by atoms with van der Waals surface area (Å²) in [5.41, 5.74) is 1.06. The predicted octanol–water partition coefficient (Wildman–Crippen LogP) is 3.95. The molecule has 84 valence electrons. The van der Waals surface area contributed by atoms with Gasteiger partial charge >= 0.3 is 0 Å². The van der Waals surface area contributed by atoms with Crippen LogP contribution in [-0.4, -0.2) is 12.8 Å². The minimum atomic E-state index is 0.576. The maximum absolute atomic E-state index is 5.78.